The van der Waals surface area contributed by atoms with Gasteiger partial charge in [-0.05, 0) is 39.0 Å². The first-order valence-electron chi connectivity index (χ1n) is 11.2. The summed E-state index contributed by atoms with van der Waals surface area (Å²) in [6.45, 7) is 10.0. The van der Waals surface area contributed by atoms with Gasteiger partial charge in [-0.15, -0.1) is 0 Å². The van der Waals surface area contributed by atoms with Gasteiger partial charge in [0.15, 0.2) is 0 Å². The first-order valence-corrected chi connectivity index (χ1v) is 12.6. The monoisotopic (exact) mass is 465 g/mol. The van der Waals surface area contributed by atoms with Gasteiger partial charge >= 0.3 is 0 Å². The van der Waals surface area contributed by atoms with Gasteiger partial charge in [0.2, 0.25) is 15.9 Å². The highest BCUT2D eigenvalue weighted by atomic mass is 32.2. The minimum absolute atomic E-state index is 0.00931. The lowest BCUT2D eigenvalue weighted by molar-refractivity contribution is -0.121. The zero-order valence-corrected chi connectivity index (χ0v) is 20.5. The molecule has 1 fully saturated rings. The molecule has 1 saturated heterocycles. The summed E-state index contributed by atoms with van der Waals surface area (Å²) in [5.74, 6) is 0.776. The lowest BCUT2D eigenvalue weighted by atomic mass is 10.2. The molecule has 2 aromatic rings. The number of fused-ring (bicyclic) bond motifs is 1. The van der Waals surface area contributed by atoms with Crippen LogP contribution < -0.4 is 5.32 Å². The largest absolute Gasteiger partial charge is 0.373 e. The molecule has 0 aliphatic carbocycles. The molecule has 10 heteroatoms. The first kappa shape index (κ1) is 24.6. The third-order valence-electron chi connectivity index (χ3n) is 5.71. The summed E-state index contributed by atoms with van der Waals surface area (Å²) in [5, 5.41) is 3.00. The average molecular weight is 466 g/mol. The predicted molar refractivity (Wildman–Crippen MR) is 124 cm³/mol. The smallest absolute Gasteiger partial charge is 0.242 e. The van der Waals surface area contributed by atoms with Gasteiger partial charge in [0.1, 0.15) is 5.82 Å². The summed E-state index contributed by atoms with van der Waals surface area (Å²) in [6.07, 6.45) is 1.26. The number of sulfonamides is 1. The third kappa shape index (κ3) is 5.67. The van der Waals surface area contributed by atoms with Crippen molar-refractivity contribution in [2.24, 2.45) is 0 Å². The third-order valence-corrected chi connectivity index (χ3v) is 7.53. The van der Waals surface area contributed by atoms with Crippen LogP contribution in [0.15, 0.2) is 23.1 Å². The highest BCUT2D eigenvalue weighted by molar-refractivity contribution is 7.89. The number of carbonyl (C=O) groups is 1. The van der Waals surface area contributed by atoms with Crippen LogP contribution in [0.2, 0.25) is 0 Å². The van der Waals surface area contributed by atoms with Crippen molar-refractivity contribution in [2.75, 3.05) is 40.3 Å². The first-order chi connectivity index (χ1) is 15.1. The molecule has 0 bridgehead atoms. The Labute approximate surface area is 190 Å². The van der Waals surface area contributed by atoms with Crippen LogP contribution in [0, 0.1) is 0 Å². The normalized spacial score (nSPS) is 20.2. The molecular formula is C22H35N5O4S. The van der Waals surface area contributed by atoms with E-state index in [0.717, 1.165) is 31.0 Å². The molecule has 1 aliphatic heterocycles. The maximum absolute atomic E-state index is 12.4. The van der Waals surface area contributed by atoms with Crippen molar-refractivity contribution >= 4 is 27.0 Å². The number of hydrogen-bond donors (Lipinski definition) is 1. The van der Waals surface area contributed by atoms with Crippen LogP contribution in [-0.4, -0.2) is 85.6 Å². The van der Waals surface area contributed by atoms with Gasteiger partial charge in [-0.25, -0.2) is 17.7 Å². The molecule has 1 aromatic heterocycles. The predicted octanol–water partition coefficient (Wildman–Crippen LogP) is 1.46. The van der Waals surface area contributed by atoms with Gasteiger partial charge in [-0.1, -0.05) is 0 Å². The van der Waals surface area contributed by atoms with Crippen LogP contribution in [0.3, 0.4) is 0 Å². The van der Waals surface area contributed by atoms with Crippen molar-refractivity contribution in [2.45, 2.75) is 57.3 Å². The van der Waals surface area contributed by atoms with Gasteiger partial charge in [0.05, 0.1) is 28.1 Å². The molecule has 1 aromatic carbocycles. The van der Waals surface area contributed by atoms with Gasteiger partial charge in [-0.2, -0.15) is 0 Å². The van der Waals surface area contributed by atoms with Crippen LogP contribution in [0.4, 0.5) is 0 Å². The lowest BCUT2D eigenvalue weighted by Gasteiger charge is -2.35. The summed E-state index contributed by atoms with van der Waals surface area (Å²) in [6, 6.07) is 5.00. The summed E-state index contributed by atoms with van der Waals surface area (Å²) in [5.41, 5.74) is 1.50. The molecule has 0 spiro atoms. The Kier molecular flexibility index (Phi) is 7.92. The Morgan fingerprint density at radius 3 is 2.56 bits per heavy atom. The van der Waals surface area contributed by atoms with Gasteiger partial charge in [0.25, 0.3) is 0 Å². The number of aromatic nitrogens is 2. The molecule has 0 saturated carbocycles. The van der Waals surface area contributed by atoms with Gasteiger partial charge < -0.3 is 14.6 Å². The summed E-state index contributed by atoms with van der Waals surface area (Å²) in [7, 11) is -0.506. The zero-order valence-electron chi connectivity index (χ0n) is 19.7. The van der Waals surface area contributed by atoms with E-state index in [1.54, 1.807) is 18.2 Å². The van der Waals surface area contributed by atoms with E-state index >= 15 is 0 Å². The van der Waals surface area contributed by atoms with Crippen molar-refractivity contribution in [1.29, 1.82) is 0 Å². The van der Waals surface area contributed by atoms with Crippen LogP contribution in [0.25, 0.3) is 11.0 Å². The number of carbonyl (C=O) groups excluding carboxylic acids is 1. The number of nitrogens with one attached hydrogen (secondary N) is 1. The fourth-order valence-electron chi connectivity index (χ4n) is 4.21. The van der Waals surface area contributed by atoms with Crippen molar-refractivity contribution in [3.05, 3.63) is 24.0 Å². The van der Waals surface area contributed by atoms with Gasteiger partial charge in [0, 0.05) is 59.7 Å². The fraction of sp³-hybridized carbons (Fsp3) is 0.636. The number of benzene rings is 1. The number of amides is 1. The molecule has 9 nitrogen and oxygen atoms in total. The van der Waals surface area contributed by atoms with E-state index in [1.165, 1.54) is 18.4 Å². The minimum atomic E-state index is -3.52. The number of aryl methyl sites for hydroxylation is 2. The lowest BCUT2D eigenvalue weighted by Crippen LogP contribution is -2.47. The van der Waals surface area contributed by atoms with E-state index in [-0.39, 0.29) is 23.0 Å². The Hall–Kier alpha value is -2.01. The molecule has 3 rings (SSSR count). The molecule has 2 atom stereocenters. The van der Waals surface area contributed by atoms with Crippen LogP contribution in [0.1, 0.15) is 33.0 Å². The summed E-state index contributed by atoms with van der Waals surface area (Å²) < 4.78 is 33.8. The van der Waals surface area contributed by atoms with Crippen LogP contribution in [0.5, 0.6) is 0 Å². The maximum atomic E-state index is 12.4. The second kappa shape index (κ2) is 10.3. The second-order valence-electron chi connectivity index (χ2n) is 8.58. The molecule has 0 radical (unpaired) electrons. The van der Waals surface area contributed by atoms with Crippen molar-refractivity contribution in [1.82, 2.24) is 24.1 Å². The minimum Gasteiger partial charge on any atom is -0.373 e. The number of imidazole rings is 1. The number of hydrogen-bond acceptors (Lipinski definition) is 6. The van der Waals surface area contributed by atoms with Crippen molar-refractivity contribution < 1.29 is 17.9 Å². The molecule has 1 amide bonds. The van der Waals surface area contributed by atoms with Crippen LogP contribution >= 0.6 is 0 Å². The number of ether oxygens (including phenoxy) is 1. The second-order valence-corrected chi connectivity index (χ2v) is 10.7. The van der Waals surface area contributed by atoms with E-state index in [9.17, 15) is 13.2 Å². The van der Waals surface area contributed by atoms with Gasteiger partial charge in [-0.3, -0.25) is 9.69 Å². The highest BCUT2D eigenvalue weighted by Gasteiger charge is 2.22. The molecule has 32 heavy (non-hydrogen) atoms. The van der Waals surface area contributed by atoms with E-state index in [1.807, 2.05) is 11.5 Å². The molecule has 1 N–H and O–H groups in total. The maximum Gasteiger partial charge on any atom is 0.242 e. The zero-order chi connectivity index (χ0) is 23.5. The molecule has 2 unspecified atom stereocenters. The average Bonchev–Trinajstić information content (AvgIpc) is 3.08. The van der Waals surface area contributed by atoms with E-state index < -0.39 is 10.0 Å². The molecular weight excluding hydrogens is 430 g/mol. The Bertz CT molecular complexity index is 1040. The Morgan fingerprint density at radius 2 is 1.94 bits per heavy atom. The number of morpholine rings is 1. The fourth-order valence-corrected chi connectivity index (χ4v) is 5.13. The van der Waals surface area contributed by atoms with Crippen molar-refractivity contribution in [3.63, 3.8) is 0 Å². The molecule has 1 aliphatic rings. The topological polar surface area (TPSA) is 96.8 Å². The van der Waals surface area contributed by atoms with Crippen molar-refractivity contribution in [3.8, 4) is 0 Å². The summed E-state index contributed by atoms with van der Waals surface area (Å²) >= 11 is 0. The highest BCUT2D eigenvalue weighted by Crippen LogP contribution is 2.22. The SMILES string of the molecule is CCn1c(CCC(=O)NCCN2CC(C)OC(C)C2)nc2cc(S(=O)(=O)N(C)C)ccc21. The van der Waals surface area contributed by atoms with E-state index in [0.29, 0.717) is 31.4 Å². The number of rotatable bonds is 9. The quantitative estimate of drug-likeness (QED) is 0.602. The molecule has 2 heterocycles. The standard InChI is InChI=1S/C22H35N5O4S/c1-6-27-20-8-7-18(32(29,30)25(4)5)13-19(20)24-21(27)9-10-22(28)23-11-12-26-14-16(2)31-17(3)15-26/h7-8,13,16-17H,6,9-12,14-15H2,1-5H3,(H,23,28). The van der Waals surface area contributed by atoms with E-state index in [2.05, 4.69) is 29.0 Å². The Morgan fingerprint density at radius 1 is 1.25 bits per heavy atom. The summed E-state index contributed by atoms with van der Waals surface area (Å²) in [4.78, 5) is 19.6. The molecule has 178 valence electrons. The van der Waals surface area contributed by atoms with Crippen LogP contribution in [-0.2, 0) is 32.5 Å². The Balaban J connectivity index is 1.60. The number of nitrogens with zero attached hydrogens (tertiary/aromatic N) is 4. The van der Waals surface area contributed by atoms with E-state index in [4.69, 9.17) is 4.74 Å².